The second kappa shape index (κ2) is 5.21. The number of hydrogen-bond donors (Lipinski definition) is 1. The van der Waals surface area contributed by atoms with Gasteiger partial charge in [0.05, 0.1) is 0 Å². The zero-order valence-corrected chi connectivity index (χ0v) is 11.5. The van der Waals surface area contributed by atoms with Crippen molar-refractivity contribution in [1.82, 2.24) is 10.3 Å². The molecule has 1 heterocycles. The molecule has 3 heteroatoms. The summed E-state index contributed by atoms with van der Waals surface area (Å²) in [6, 6.07) is 8.89. The van der Waals surface area contributed by atoms with E-state index in [1.807, 2.05) is 6.20 Å². The first kappa shape index (κ1) is 11.9. The highest BCUT2D eigenvalue weighted by Gasteiger charge is 2.23. The van der Waals surface area contributed by atoms with Gasteiger partial charge in [-0.2, -0.15) is 0 Å². The van der Waals surface area contributed by atoms with E-state index in [1.165, 1.54) is 28.8 Å². The fraction of sp³-hybridized carbons (Fsp3) is 0.400. The number of nitrogens with zero attached hydrogens (tertiary/aromatic N) is 1. The van der Waals surface area contributed by atoms with E-state index in [0.717, 1.165) is 24.0 Å². The quantitative estimate of drug-likeness (QED) is 0.882. The Morgan fingerprint density at radius 1 is 1.39 bits per heavy atom. The molecule has 3 rings (SSSR count). The number of benzene rings is 1. The molecule has 1 aromatic carbocycles. The van der Waals surface area contributed by atoms with E-state index in [9.17, 15) is 0 Å². The molecule has 0 aliphatic heterocycles. The van der Waals surface area contributed by atoms with E-state index in [1.54, 1.807) is 11.3 Å². The lowest BCUT2D eigenvalue weighted by atomic mass is 10.1. The summed E-state index contributed by atoms with van der Waals surface area (Å²) >= 11 is 1.79. The fourth-order valence-corrected chi connectivity index (χ4v) is 2.99. The molecule has 0 bridgehead atoms. The van der Waals surface area contributed by atoms with Crippen LogP contribution in [0.25, 0.3) is 10.6 Å². The minimum atomic E-state index is 0.811. The van der Waals surface area contributed by atoms with Gasteiger partial charge in [-0.25, -0.2) is 4.98 Å². The molecule has 0 unspecified atom stereocenters. The van der Waals surface area contributed by atoms with E-state index in [-0.39, 0.29) is 0 Å². The van der Waals surface area contributed by atoms with Gasteiger partial charge in [0.25, 0.3) is 0 Å². The van der Waals surface area contributed by atoms with Crippen molar-refractivity contribution < 1.29 is 0 Å². The van der Waals surface area contributed by atoms with Crippen molar-refractivity contribution in [1.29, 1.82) is 0 Å². The highest BCUT2D eigenvalue weighted by atomic mass is 32.1. The monoisotopic (exact) mass is 258 g/mol. The van der Waals surface area contributed by atoms with Crippen LogP contribution in [-0.4, -0.2) is 11.5 Å². The van der Waals surface area contributed by atoms with Crippen LogP contribution in [-0.2, 0) is 6.54 Å². The Labute approximate surface area is 112 Å². The summed E-state index contributed by atoms with van der Waals surface area (Å²) in [5.41, 5.74) is 2.75. The van der Waals surface area contributed by atoms with Crippen LogP contribution >= 0.6 is 11.3 Å². The second-order valence-electron chi connectivity index (χ2n) is 4.81. The molecule has 1 aliphatic carbocycles. The van der Waals surface area contributed by atoms with Gasteiger partial charge in [0.15, 0.2) is 0 Å². The minimum absolute atomic E-state index is 0.811. The minimum Gasteiger partial charge on any atom is -0.312 e. The Morgan fingerprint density at radius 3 is 3.06 bits per heavy atom. The molecule has 0 atom stereocenters. The molecule has 2 aromatic rings. The lowest BCUT2D eigenvalue weighted by Crippen LogP contribution is -2.10. The van der Waals surface area contributed by atoms with Gasteiger partial charge in [-0.15, -0.1) is 11.3 Å². The first-order valence-corrected chi connectivity index (χ1v) is 7.44. The standard InChI is InChI=1S/C15H18N2S/c1-2-16-9-14-10-17-15(18-14)13-5-3-4-12(8-13)11-6-7-11/h3-5,8,10-11,16H,2,6-7,9H2,1H3. The van der Waals surface area contributed by atoms with E-state index in [2.05, 4.69) is 41.5 Å². The van der Waals surface area contributed by atoms with Crippen LogP contribution in [0.5, 0.6) is 0 Å². The van der Waals surface area contributed by atoms with E-state index < -0.39 is 0 Å². The van der Waals surface area contributed by atoms with Gasteiger partial charge in [0, 0.05) is 23.2 Å². The van der Waals surface area contributed by atoms with Crippen LogP contribution in [0.2, 0.25) is 0 Å². The first-order valence-electron chi connectivity index (χ1n) is 6.62. The Bertz CT molecular complexity index is 529. The Morgan fingerprint density at radius 2 is 2.28 bits per heavy atom. The van der Waals surface area contributed by atoms with Crippen molar-refractivity contribution in [2.45, 2.75) is 32.2 Å². The average molecular weight is 258 g/mol. The number of rotatable bonds is 5. The molecule has 1 saturated carbocycles. The molecule has 1 aliphatic rings. The van der Waals surface area contributed by atoms with Gasteiger partial charge < -0.3 is 5.32 Å². The van der Waals surface area contributed by atoms with Crippen molar-refractivity contribution >= 4 is 11.3 Å². The molecule has 18 heavy (non-hydrogen) atoms. The topological polar surface area (TPSA) is 24.9 Å². The van der Waals surface area contributed by atoms with Gasteiger partial charge >= 0.3 is 0 Å². The lowest BCUT2D eigenvalue weighted by molar-refractivity contribution is 0.734. The molecular weight excluding hydrogens is 240 g/mol. The molecule has 0 saturated heterocycles. The van der Waals surface area contributed by atoms with Gasteiger partial charge in [-0.05, 0) is 36.9 Å². The zero-order valence-electron chi connectivity index (χ0n) is 10.6. The maximum absolute atomic E-state index is 4.54. The van der Waals surface area contributed by atoms with Crippen LogP contribution in [0, 0.1) is 0 Å². The van der Waals surface area contributed by atoms with Gasteiger partial charge in [-0.3, -0.25) is 0 Å². The van der Waals surface area contributed by atoms with E-state index >= 15 is 0 Å². The molecule has 94 valence electrons. The number of nitrogens with one attached hydrogen (secondary N) is 1. The summed E-state index contributed by atoms with van der Waals surface area (Å²) in [7, 11) is 0. The molecule has 1 aromatic heterocycles. The maximum atomic E-state index is 4.54. The molecule has 2 nitrogen and oxygen atoms in total. The zero-order chi connectivity index (χ0) is 12.4. The molecule has 0 amide bonds. The Hall–Kier alpha value is -1.19. The van der Waals surface area contributed by atoms with Crippen LogP contribution in [0.4, 0.5) is 0 Å². The van der Waals surface area contributed by atoms with Crippen molar-refractivity contribution in [3.8, 4) is 10.6 Å². The highest BCUT2D eigenvalue weighted by molar-refractivity contribution is 7.15. The SMILES string of the molecule is CCNCc1cnc(-c2cccc(C3CC3)c2)s1. The molecular formula is C15H18N2S. The summed E-state index contributed by atoms with van der Waals surface area (Å²) in [5.74, 6) is 0.811. The predicted octanol–water partition coefficient (Wildman–Crippen LogP) is 3.80. The van der Waals surface area contributed by atoms with Crippen molar-refractivity contribution in [3.05, 3.63) is 40.9 Å². The highest BCUT2D eigenvalue weighted by Crippen LogP contribution is 2.41. The van der Waals surface area contributed by atoms with Crippen LogP contribution in [0.3, 0.4) is 0 Å². The third-order valence-corrected chi connectivity index (χ3v) is 4.33. The van der Waals surface area contributed by atoms with Gasteiger partial charge in [0.2, 0.25) is 0 Å². The third-order valence-electron chi connectivity index (χ3n) is 3.29. The summed E-state index contributed by atoms with van der Waals surface area (Å²) in [5, 5.41) is 4.48. The number of thiazole rings is 1. The van der Waals surface area contributed by atoms with Crippen LogP contribution in [0.1, 0.15) is 36.1 Å². The second-order valence-corrected chi connectivity index (χ2v) is 5.93. The number of hydrogen-bond acceptors (Lipinski definition) is 3. The molecule has 0 radical (unpaired) electrons. The molecule has 1 N–H and O–H groups in total. The first-order chi connectivity index (χ1) is 8.86. The van der Waals surface area contributed by atoms with Crippen LogP contribution in [0.15, 0.2) is 30.5 Å². The summed E-state index contributed by atoms with van der Waals surface area (Å²) in [6.07, 6.45) is 4.70. The summed E-state index contributed by atoms with van der Waals surface area (Å²) in [6.45, 7) is 4.06. The Kier molecular flexibility index (Phi) is 3.43. The Balaban J connectivity index is 1.80. The van der Waals surface area contributed by atoms with Crippen molar-refractivity contribution in [3.63, 3.8) is 0 Å². The third kappa shape index (κ3) is 2.62. The molecule has 0 spiro atoms. The fourth-order valence-electron chi connectivity index (χ4n) is 2.11. The predicted molar refractivity (Wildman–Crippen MR) is 76.9 cm³/mol. The largest absolute Gasteiger partial charge is 0.312 e. The summed E-state index contributed by atoms with van der Waals surface area (Å²) < 4.78 is 0. The van der Waals surface area contributed by atoms with Gasteiger partial charge in [0.1, 0.15) is 5.01 Å². The molecule has 1 fully saturated rings. The smallest absolute Gasteiger partial charge is 0.123 e. The van der Waals surface area contributed by atoms with E-state index in [0.29, 0.717) is 0 Å². The van der Waals surface area contributed by atoms with Crippen molar-refractivity contribution in [2.24, 2.45) is 0 Å². The van der Waals surface area contributed by atoms with Crippen LogP contribution < -0.4 is 5.32 Å². The maximum Gasteiger partial charge on any atom is 0.123 e. The van der Waals surface area contributed by atoms with E-state index in [4.69, 9.17) is 0 Å². The van der Waals surface area contributed by atoms with Gasteiger partial charge in [-0.1, -0.05) is 25.1 Å². The summed E-state index contributed by atoms with van der Waals surface area (Å²) in [4.78, 5) is 5.85. The lowest BCUT2D eigenvalue weighted by Gasteiger charge is -2.01. The van der Waals surface area contributed by atoms with Crippen molar-refractivity contribution in [2.75, 3.05) is 6.54 Å². The average Bonchev–Trinajstić information content (AvgIpc) is 3.16. The number of aromatic nitrogens is 1. The normalized spacial score (nSPS) is 14.9.